The van der Waals surface area contributed by atoms with Gasteiger partial charge in [-0.25, -0.2) is 4.79 Å². The zero-order valence-corrected chi connectivity index (χ0v) is 27.3. The molecule has 0 N–H and O–H groups in total. The molecule has 0 unspecified atom stereocenters. The summed E-state index contributed by atoms with van der Waals surface area (Å²) in [5.74, 6) is -2.68. The number of hydrogen-bond acceptors (Lipinski definition) is 10. The first kappa shape index (κ1) is 31.6. The molecular formula is C35H44O10. The van der Waals surface area contributed by atoms with Gasteiger partial charge in [-0.1, -0.05) is 32.4 Å². The monoisotopic (exact) mass is 624 g/mol. The second-order valence-corrected chi connectivity index (χ2v) is 14.3. The lowest BCUT2D eigenvalue weighted by Crippen LogP contribution is -2.72. The SMILES string of the molecule is C/C=C(/C)C(=O)O[C@@H]1[C@@H]2OC[C@]3(C)[C@H](OC(C)=O)C[C@H](OC(C)=O)[C@@](C)([C@@H]23)[C@H]2CC(=O)O[C@H]3C[C@@H](c4ccoc4)C(C)=C3[C@]12C. The Hall–Kier alpha value is -3.40. The van der Waals surface area contributed by atoms with Crippen LogP contribution in [0.4, 0.5) is 0 Å². The van der Waals surface area contributed by atoms with Gasteiger partial charge in [0.15, 0.2) is 0 Å². The molecule has 11 atom stereocenters. The van der Waals surface area contributed by atoms with E-state index in [1.54, 1.807) is 32.4 Å². The van der Waals surface area contributed by atoms with Crippen LogP contribution in [0.3, 0.4) is 0 Å². The van der Waals surface area contributed by atoms with Gasteiger partial charge in [-0.15, -0.1) is 0 Å². The number of carbonyl (C=O) groups excluding carboxylic acids is 4. The fourth-order valence-corrected chi connectivity index (χ4v) is 10.1. The molecule has 10 nitrogen and oxygen atoms in total. The molecule has 4 fully saturated rings. The van der Waals surface area contributed by atoms with E-state index in [1.807, 2.05) is 13.0 Å². The maximum atomic E-state index is 13.8. The zero-order valence-electron chi connectivity index (χ0n) is 27.3. The third-order valence-electron chi connectivity index (χ3n) is 12.0. The number of ether oxygens (including phenoxy) is 5. The summed E-state index contributed by atoms with van der Waals surface area (Å²) >= 11 is 0. The van der Waals surface area contributed by atoms with Crippen molar-refractivity contribution in [2.45, 2.75) is 111 Å². The molecule has 5 aliphatic rings. The normalized spacial score (nSPS) is 42.1. The minimum absolute atomic E-state index is 0.0304. The number of hydrogen-bond donors (Lipinski definition) is 0. The molecule has 0 amide bonds. The molecule has 10 heteroatoms. The minimum Gasteiger partial charge on any atom is -0.472 e. The highest BCUT2D eigenvalue weighted by molar-refractivity contribution is 5.88. The molecule has 3 aliphatic carbocycles. The summed E-state index contributed by atoms with van der Waals surface area (Å²) in [5, 5.41) is 0. The molecule has 2 aliphatic heterocycles. The number of furan rings is 1. The average molecular weight is 625 g/mol. The van der Waals surface area contributed by atoms with Gasteiger partial charge in [0, 0.05) is 60.3 Å². The van der Waals surface area contributed by atoms with Crippen LogP contribution in [0.5, 0.6) is 0 Å². The average Bonchev–Trinajstić information content (AvgIpc) is 3.68. The number of fused-ring (bicyclic) bond motifs is 4. The summed E-state index contributed by atoms with van der Waals surface area (Å²) in [6.07, 6.45) is 2.53. The summed E-state index contributed by atoms with van der Waals surface area (Å²) in [6.45, 7) is 14.7. The highest BCUT2D eigenvalue weighted by atomic mass is 16.6. The molecule has 3 heterocycles. The lowest BCUT2D eigenvalue weighted by molar-refractivity contribution is -0.257. The van der Waals surface area contributed by atoms with Crippen LogP contribution in [0.2, 0.25) is 0 Å². The molecule has 2 saturated carbocycles. The van der Waals surface area contributed by atoms with Crippen LogP contribution in [0.1, 0.15) is 86.1 Å². The van der Waals surface area contributed by atoms with Crippen molar-refractivity contribution < 1.29 is 47.3 Å². The summed E-state index contributed by atoms with van der Waals surface area (Å²) in [4.78, 5) is 52.5. The molecule has 0 radical (unpaired) electrons. The van der Waals surface area contributed by atoms with Crippen molar-refractivity contribution in [3.8, 4) is 0 Å². The van der Waals surface area contributed by atoms with Gasteiger partial charge in [0.05, 0.1) is 25.2 Å². The van der Waals surface area contributed by atoms with E-state index in [4.69, 9.17) is 28.1 Å². The van der Waals surface area contributed by atoms with Crippen molar-refractivity contribution in [1.82, 2.24) is 0 Å². The van der Waals surface area contributed by atoms with E-state index in [-0.39, 0.29) is 31.3 Å². The highest BCUT2D eigenvalue weighted by Gasteiger charge is 2.78. The summed E-state index contributed by atoms with van der Waals surface area (Å²) in [7, 11) is 0. The lowest BCUT2D eigenvalue weighted by Gasteiger charge is -2.66. The quantitative estimate of drug-likeness (QED) is 0.186. The van der Waals surface area contributed by atoms with Crippen molar-refractivity contribution in [3.05, 3.63) is 47.0 Å². The Labute approximate surface area is 263 Å². The first-order chi connectivity index (χ1) is 21.2. The van der Waals surface area contributed by atoms with E-state index in [2.05, 4.69) is 20.8 Å². The second-order valence-electron chi connectivity index (χ2n) is 14.3. The summed E-state index contributed by atoms with van der Waals surface area (Å²) in [5.41, 5.74) is 0.879. The van der Waals surface area contributed by atoms with Crippen molar-refractivity contribution in [3.63, 3.8) is 0 Å². The predicted molar refractivity (Wildman–Crippen MR) is 159 cm³/mol. The number of carbonyl (C=O) groups is 4. The van der Waals surface area contributed by atoms with Crippen LogP contribution < -0.4 is 0 Å². The summed E-state index contributed by atoms with van der Waals surface area (Å²) < 4.78 is 36.9. The van der Waals surface area contributed by atoms with Crippen LogP contribution in [0.15, 0.2) is 45.8 Å². The van der Waals surface area contributed by atoms with Crippen LogP contribution in [-0.2, 0) is 42.9 Å². The van der Waals surface area contributed by atoms with Crippen molar-refractivity contribution >= 4 is 23.9 Å². The third-order valence-corrected chi connectivity index (χ3v) is 12.0. The van der Waals surface area contributed by atoms with Crippen LogP contribution >= 0.6 is 0 Å². The van der Waals surface area contributed by atoms with Gasteiger partial charge in [0.25, 0.3) is 0 Å². The van der Waals surface area contributed by atoms with Gasteiger partial charge in [0.2, 0.25) is 0 Å². The van der Waals surface area contributed by atoms with E-state index < -0.39 is 76.5 Å². The van der Waals surface area contributed by atoms with Crippen LogP contribution in [0.25, 0.3) is 0 Å². The van der Waals surface area contributed by atoms with Crippen molar-refractivity contribution in [1.29, 1.82) is 0 Å². The van der Waals surface area contributed by atoms with E-state index in [9.17, 15) is 19.2 Å². The molecule has 2 saturated heterocycles. The Morgan fingerprint density at radius 1 is 1.00 bits per heavy atom. The molecule has 1 aromatic rings. The smallest absolute Gasteiger partial charge is 0.333 e. The van der Waals surface area contributed by atoms with E-state index >= 15 is 0 Å². The molecular weight excluding hydrogens is 580 g/mol. The number of allylic oxidation sites excluding steroid dienone is 2. The van der Waals surface area contributed by atoms with Gasteiger partial charge in [-0.05, 0) is 50.3 Å². The van der Waals surface area contributed by atoms with Crippen molar-refractivity contribution in [2.24, 2.45) is 28.1 Å². The van der Waals surface area contributed by atoms with Crippen LogP contribution in [0, 0.1) is 28.1 Å². The molecule has 0 aromatic carbocycles. The van der Waals surface area contributed by atoms with Gasteiger partial charge in [-0.2, -0.15) is 0 Å². The highest BCUT2D eigenvalue weighted by Crippen LogP contribution is 2.72. The third kappa shape index (κ3) is 4.53. The Morgan fingerprint density at radius 3 is 2.31 bits per heavy atom. The van der Waals surface area contributed by atoms with Crippen molar-refractivity contribution in [2.75, 3.05) is 6.61 Å². The van der Waals surface area contributed by atoms with Crippen LogP contribution in [-0.4, -0.2) is 61.0 Å². The fourth-order valence-electron chi connectivity index (χ4n) is 10.1. The maximum Gasteiger partial charge on any atom is 0.333 e. The van der Waals surface area contributed by atoms with E-state index in [0.29, 0.717) is 12.0 Å². The summed E-state index contributed by atoms with van der Waals surface area (Å²) in [6, 6.07) is 1.92. The molecule has 45 heavy (non-hydrogen) atoms. The second kappa shape index (κ2) is 10.9. The first-order valence-corrected chi connectivity index (χ1v) is 15.9. The Kier molecular flexibility index (Phi) is 7.61. The largest absolute Gasteiger partial charge is 0.472 e. The maximum absolute atomic E-state index is 13.8. The van der Waals surface area contributed by atoms with E-state index in [1.165, 1.54) is 13.8 Å². The lowest BCUT2D eigenvalue weighted by atomic mass is 9.39. The van der Waals surface area contributed by atoms with Gasteiger partial charge in [0.1, 0.15) is 24.4 Å². The Balaban J connectivity index is 1.61. The number of esters is 4. The standard InChI is InChI=1S/C35H44O10/c1-9-17(2)32(39)45-31-29-30-33(6,16-41-29)25(42-19(4)36)14-26(43-20(5)37)34(30,7)24-13-27(38)44-23-12-22(21-10-11-40-15-21)18(3)28(23)35(24,31)8/h9-11,15,22-26,29-31H,12-14,16H2,1-8H3/b17-9-/t22-,23+,24-,25-,26+,29-,30+,31-,33-,34+,35-/m1/s1. The van der Waals surface area contributed by atoms with Gasteiger partial charge < -0.3 is 28.1 Å². The molecule has 6 rings (SSSR count). The van der Waals surface area contributed by atoms with Gasteiger partial charge >= 0.3 is 23.9 Å². The topological polar surface area (TPSA) is 128 Å². The Morgan fingerprint density at radius 2 is 1.69 bits per heavy atom. The van der Waals surface area contributed by atoms with Gasteiger partial charge in [-0.3, -0.25) is 14.4 Å². The van der Waals surface area contributed by atoms with E-state index in [0.717, 1.165) is 16.7 Å². The molecule has 0 bridgehead atoms. The fraction of sp³-hybridized carbons (Fsp3) is 0.657. The first-order valence-electron chi connectivity index (χ1n) is 15.9. The minimum atomic E-state index is -0.948. The zero-order chi connectivity index (χ0) is 32.6. The molecule has 0 spiro atoms. The molecule has 1 aromatic heterocycles. The Bertz CT molecular complexity index is 1470. The molecule has 244 valence electrons. The number of rotatable bonds is 5. The predicted octanol–water partition coefficient (Wildman–Crippen LogP) is 5.21.